The van der Waals surface area contributed by atoms with Crippen molar-refractivity contribution in [3.05, 3.63) is 222 Å². The highest BCUT2D eigenvalue weighted by atomic mass is 16.3. The van der Waals surface area contributed by atoms with Crippen molar-refractivity contribution in [1.82, 2.24) is 0 Å². The van der Waals surface area contributed by atoms with Crippen LogP contribution in [0.3, 0.4) is 0 Å². The van der Waals surface area contributed by atoms with E-state index in [1.54, 1.807) is 0 Å². The van der Waals surface area contributed by atoms with Gasteiger partial charge < -0.3 is 9.32 Å². The molecule has 0 radical (unpaired) electrons. The molecule has 11 aromatic rings. The van der Waals surface area contributed by atoms with Crippen LogP contribution in [0.4, 0.5) is 17.1 Å². The highest BCUT2D eigenvalue weighted by Gasteiger charge is 2.52. The van der Waals surface area contributed by atoms with Gasteiger partial charge in [0, 0.05) is 27.8 Å². The minimum Gasteiger partial charge on any atom is -0.456 e. The molecule has 0 fully saturated rings. The first-order valence-electron chi connectivity index (χ1n) is 19.8. The first kappa shape index (κ1) is 30.9. The van der Waals surface area contributed by atoms with Gasteiger partial charge in [0.1, 0.15) is 11.2 Å². The Morgan fingerprint density at radius 1 is 0.281 bits per heavy atom. The zero-order valence-electron chi connectivity index (χ0n) is 30.9. The Morgan fingerprint density at radius 2 is 0.772 bits per heavy atom. The fraction of sp³-hybridized carbons (Fsp3) is 0.0182. The Balaban J connectivity index is 1.12. The van der Waals surface area contributed by atoms with Gasteiger partial charge >= 0.3 is 0 Å². The van der Waals surface area contributed by atoms with E-state index in [1.165, 1.54) is 76.8 Å². The van der Waals surface area contributed by atoms with Crippen LogP contribution in [0.25, 0.3) is 76.5 Å². The monoisotopic (exact) mass is 723 g/mol. The molecule has 1 atom stereocenters. The molecule has 2 nitrogen and oxygen atoms in total. The fourth-order valence-electron chi connectivity index (χ4n) is 10.5. The van der Waals surface area contributed by atoms with Crippen LogP contribution in [0.2, 0.25) is 0 Å². The van der Waals surface area contributed by atoms with Gasteiger partial charge in [-0.3, -0.25) is 0 Å². The molecular formula is C55H33NO. The molecule has 264 valence electrons. The summed E-state index contributed by atoms with van der Waals surface area (Å²) in [6.45, 7) is 0. The van der Waals surface area contributed by atoms with Crippen molar-refractivity contribution in [2.75, 3.05) is 4.90 Å². The zero-order valence-corrected chi connectivity index (χ0v) is 30.9. The Hall–Kier alpha value is -7.42. The molecule has 0 saturated carbocycles. The maximum Gasteiger partial charge on any atom is 0.135 e. The summed E-state index contributed by atoms with van der Waals surface area (Å²) < 4.78 is 6.29. The molecule has 0 bridgehead atoms. The lowest BCUT2D eigenvalue weighted by molar-refractivity contribution is 0.669. The van der Waals surface area contributed by atoms with Crippen molar-refractivity contribution >= 4 is 71.3 Å². The Labute approximate surface area is 329 Å². The Bertz CT molecular complexity index is 3480. The second kappa shape index (κ2) is 11.3. The lowest BCUT2D eigenvalue weighted by atomic mass is 9.70. The van der Waals surface area contributed by atoms with Gasteiger partial charge in [0.05, 0.1) is 5.41 Å². The van der Waals surface area contributed by atoms with Crippen molar-refractivity contribution in [3.8, 4) is 22.3 Å². The quantitative estimate of drug-likeness (QED) is 0.169. The van der Waals surface area contributed by atoms with E-state index in [0.717, 1.165) is 39.0 Å². The van der Waals surface area contributed by atoms with E-state index in [1.807, 2.05) is 12.1 Å². The summed E-state index contributed by atoms with van der Waals surface area (Å²) in [4.78, 5) is 2.40. The van der Waals surface area contributed by atoms with Gasteiger partial charge in [-0.25, -0.2) is 0 Å². The fourth-order valence-corrected chi connectivity index (χ4v) is 10.5. The highest BCUT2D eigenvalue weighted by molar-refractivity contribution is 6.26. The van der Waals surface area contributed by atoms with Crippen LogP contribution in [0.5, 0.6) is 0 Å². The van der Waals surface area contributed by atoms with E-state index in [-0.39, 0.29) is 0 Å². The largest absolute Gasteiger partial charge is 0.456 e. The third-order valence-corrected chi connectivity index (χ3v) is 12.8. The summed E-state index contributed by atoms with van der Waals surface area (Å²) in [5, 5.41) is 10.00. The third kappa shape index (κ3) is 4.04. The molecule has 0 N–H and O–H groups in total. The number of hydrogen-bond donors (Lipinski definition) is 0. The van der Waals surface area contributed by atoms with Crippen molar-refractivity contribution in [1.29, 1.82) is 0 Å². The summed E-state index contributed by atoms with van der Waals surface area (Å²) in [6, 6.07) is 74.0. The Kier molecular flexibility index (Phi) is 6.13. The van der Waals surface area contributed by atoms with Gasteiger partial charge in [-0.1, -0.05) is 140 Å². The number of hydrogen-bond acceptors (Lipinski definition) is 2. The number of rotatable bonds is 3. The summed E-state index contributed by atoms with van der Waals surface area (Å²) >= 11 is 0. The van der Waals surface area contributed by atoms with E-state index >= 15 is 0 Å². The van der Waals surface area contributed by atoms with Crippen molar-refractivity contribution in [3.63, 3.8) is 0 Å². The van der Waals surface area contributed by atoms with Gasteiger partial charge in [0.25, 0.3) is 0 Å². The van der Waals surface area contributed by atoms with E-state index in [0.29, 0.717) is 0 Å². The number of furan rings is 1. The smallest absolute Gasteiger partial charge is 0.135 e. The Morgan fingerprint density at radius 3 is 1.49 bits per heavy atom. The third-order valence-electron chi connectivity index (χ3n) is 12.8. The van der Waals surface area contributed by atoms with Crippen LogP contribution in [0, 0.1) is 0 Å². The predicted molar refractivity (Wildman–Crippen MR) is 237 cm³/mol. The van der Waals surface area contributed by atoms with Crippen LogP contribution >= 0.6 is 0 Å². The van der Waals surface area contributed by atoms with Crippen molar-refractivity contribution in [2.45, 2.75) is 5.41 Å². The summed E-state index contributed by atoms with van der Waals surface area (Å²) in [5.74, 6) is 0. The molecule has 1 aromatic heterocycles. The maximum absolute atomic E-state index is 6.29. The van der Waals surface area contributed by atoms with Crippen LogP contribution in [-0.2, 0) is 5.41 Å². The number of benzene rings is 10. The van der Waals surface area contributed by atoms with Crippen LogP contribution in [-0.4, -0.2) is 0 Å². The molecule has 10 aromatic carbocycles. The topological polar surface area (TPSA) is 16.4 Å². The number of anilines is 3. The number of nitrogens with zero attached hydrogens (tertiary/aromatic N) is 1. The number of para-hydroxylation sites is 2. The first-order valence-corrected chi connectivity index (χ1v) is 19.8. The van der Waals surface area contributed by atoms with Crippen LogP contribution in [0.15, 0.2) is 205 Å². The molecule has 2 aliphatic rings. The van der Waals surface area contributed by atoms with Gasteiger partial charge in [-0.05, 0) is 137 Å². The van der Waals surface area contributed by atoms with E-state index < -0.39 is 5.41 Å². The normalized spacial score (nSPS) is 15.1. The van der Waals surface area contributed by atoms with Gasteiger partial charge in [0.15, 0.2) is 0 Å². The summed E-state index contributed by atoms with van der Waals surface area (Å²) in [7, 11) is 0. The van der Waals surface area contributed by atoms with Gasteiger partial charge in [0.2, 0.25) is 0 Å². The summed E-state index contributed by atoms with van der Waals surface area (Å²) in [5.41, 5.74) is 15.1. The minimum atomic E-state index is -0.512. The van der Waals surface area contributed by atoms with Gasteiger partial charge in [-0.15, -0.1) is 0 Å². The van der Waals surface area contributed by atoms with Gasteiger partial charge in [-0.2, -0.15) is 0 Å². The molecule has 1 spiro atoms. The lowest BCUT2D eigenvalue weighted by Crippen LogP contribution is -2.26. The molecule has 1 unspecified atom stereocenters. The van der Waals surface area contributed by atoms with Crippen molar-refractivity contribution in [2.24, 2.45) is 0 Å². The highest BCUT2D eigenvalue weighted by Crippen LogP contribution is 2.64. The molecule has 0 aliphatic heterocycles. The summed E-state index contributed by atoms with van der Waals surface area (Å²) in [6.07, 6.45) is 0. The molecule has 13 rings (SSSR count). The average Bonchev–Trinajstić information content (AvgIpc) is 3.90. The molecule has 0 amide bonds. The standard InChI is InChI=1S/C55H33NO/c1-2-14-34(15-3-1)56(35-27-29-54-48(30-35)44-22-10-13-25-53(44)57-54)36-26-28-43-41-20-8-11-23-49(41)55(51(43)31-36)50-24-12-9-21-42(50)47-32-45-39-18-6-4-16-37(39)38-17-5-7-19-40(38)46(45)33-52(47)55/h1-33H. The molecule has 2 heteroatoms. The molecule has 57 heavy (non-hydrogen) atoms. The molecule has 0 saturated heterocycles. The SMILES string of the molecule is c1ccc(N(c2ccc3c(c2)C2(c4ccccc4-3)c3ccccc3-c3cc4c5ccccc5c5ccccc5c4cc32)c2ccc3oc4ccccc4c3c2)cc1. The zero-order chi connectivity index (χ0) is 37.2. The predicted octanol–water partition coefficient (Wildman–Crippen LogP) is 14.9. The van der Waals surface area contributed by atoms with E-state index in [2.05, 4.69) is 193 Å². The van der Waals surface area contributed by atoms with Crippen molar-refractivity contribution < 1.29 is 4.42 Å². The minimum absolute atomic E-state index is 0.512. The second-order valence-corrected chi connectivity index (χ2v) is 15.6. The second-order valence-electron chi connectivity index (χ2n) is 15.6. The number of fused-ring (bicyclic) bond motifs is 19. The van der Waals surface area contributed by atoms with E-state index in [9.17, 15) is 0 Å². The van der Waals surface area contributed by atoms with Crippen LogP contribution in [0.1, 0.15) is 22.3 Å². The average molecular weight is 724 g/mol. The van der Waals surface area contributed by atoms with Crippen LogP contribution < -0.4 is 4.90 Å². The molecular weight excluding hydrogens is 691 g/mol. The van der Waals surface area contributed by atoms with E-state index in [4.69, 9.17) is 4.42 Å². The molecule has 1 heterocycles. The molecule has 2 aliphatic carbocycles. The lowest BCUT2D eigenvalue weighted by Gasteiger charge is -2.32. The first-order chi connectivity index (χ1) is 28.3. The maximum atomic E-state index is 6.29.